The summed E-state index contributed by atoms with van der Waals surface area (Å²) in [6, 6.07) is 3.80. The van der Waals surface area contributed by atoms with Gasteiger partial charge >= 0.3 is 0 Å². The number of imidazole rings is 1. The van der Waals surface area contributed by atoms with Crippen molar-refractivity contribution in [2.45, 2.75) is 31.8 Å². The van der Waals surface area contributed by atoms with Gasteiger partial charge in [0.25, 0.3) is 0 Å². The molecule has 124 valence electrons. The summed E-state index contributed by atoms with van der Waals surface area (Å²) in [6.45, 7) is 3.60. The predicted molar refractivity (Wildman–Crippen MR) is 82.9 cm³/mol. The van der Waals surface area contributed by atoms with Crippen LogP contribution in [0.2, 0.25) is 0 Å². The minimum absolute atomic E-state index is 0.501. The molecule has 1 aromatic carbocycles. The summed E-state index contributed by atoms with van der Waals surface area (Å²) in [5.41, 5.74) is 0.978. The van der Waals surface area contributed by atoms with Crippen molar-refractivity contribution in [2.24, 2.45) is 7.05 Å². The highest BCUT2D eigenvalue weighted by molar-refractivity contribution is 5.28. The van der Waals surface area contributed by atoms with E-state index in [2.05, 4.69) is 10.3 Å². The third kappa shape index (κ3) is 3.14. The predicted octanol–water partition coefficient (Wildman–Crippen LogP) is 2.80. The Bertz CT molecular complexity index is 693. The monoisotopic (exact) mass is 321 g/mol. The van der Waals surface area contributed by atoms with Crippen molar-refractivity contribution in [3.05, 3.63) is 53.1 Å². The molecule has 1 N–H and O–H groups in total. The first kappa shape index (κ1) is 16.1. The largest absolute Gasteiger partial charge is 0.381 e. The lowest BCUT2D eigenvalue weighted by atomic mass is 9.82. The average molecular weight is 321 g/mol. The van der Waals surface area contributed by atoms with Crippen LogP contribution in [0.4, 0.5) is 8.78 Å². The van der Waals surface area contributed by atoms with Crippen LogP contribution in [0.1, 0.15) is 29.9 Å². The first-order valence-corrected chi connectivity index (χ1v) is 7.77. The van der Waals surface area contributed by atoms with Crippen molar-refractivity contribution in [1.29, 1.82) is 0 Å². The van der Waals surface area contributed by atoms with Crippen LogP contribution < -0.4 is 5.32 Å². The van der Waals surface area contributed by atoms with Gasteiger partial charge in [-0.1, -0.05) is 6.07 Å². The Hall–Kier alpha value is -1.79. The summed E-state index contributed by atoms with van der Waals surface area (Å²) < 4.78 is 35.0. The summed E-state index contributed by atoms with van der Waals surface area (Å²) in [4.78, 5) is 4.28. The van der Waals surface area contributed by atoms with Crippen molar-refractivity contribution in [3.63, 3.8) is 0 Å². The van der Waals surface area contributed by atoms with Crippen LogP contribution >= 0.6 is 0 Å². The van der Waals surface area contributed by atoms with Crippen LogP contribution in [0.5, 0.6) is 0 Å². The highest BCUT2D eigenvalue weighted by Gasteiger charge is 2.36. The van der Waals surface area contributed by atoms with E-state index in [-0.39, 0.29) is 0 Å². The first-order chi connectivity index (χ1) is 11.0. The fourth-order valence-electron chi connectivity index (χ4n) is 3.11. The number of nitrogens with one attached hydrogen (secondary N) is 1. The molecular formula is C17H21F2N3O. The first-order valence-electron chi connectivity index (χ1n) is 7.77. The van der Waals surface area contributed by atoms with E-state index in [1.54, 1.807) is 0 Å². The van der Waals surface area contributed by atoms with Crippen molar-refractivity contribution in [1.82, 2.24) is 14.9 Å². The lowest BCUT2D eigenvalue weighted by molar-refractivity contribution is 0.0341. The van der Waals surface area contributed by atoms with Gasteiger partial charge in [0.05, 0.1) is 11.2 Å². The molecule has 3 rings (SSSR count). The molecule has 1 saturated heterocycles. The molecule has 0 aliphatic carbocycles. The van der Waals surface area contributed by atoms with Crippen LogP contribution in [0.15, 0.2) is 24.4 Å². The normalized spacial score (nSPS) is 17.4. The van der Waals surface area contributed by atoms with E-state index < -0.39 is 17.2 Å². The molecule has 1 aromatic heterocycles. The van der Waals surface area contributed by atoms with Crippen LogP contribution in [0, 0.1) is 18.6 Å². The van der Waals surface area contributed by atoms with Gasteiger partial charge < -0.3 is 14.6 Å². The number of rotatable bonds is 4. The van der Waals surface area contributed by atoms with Gasteiger partial charge in [-0.25, -0.2) is 13.8 Å². The fraction of sp³-hybridized carbons (Fsp3) is 0.471. The quantitative estimate of drug-likeness (QED) is 0.941. The molecular weight excluding hydrogens is 300 g/mol. The van der Waals surface area contributed by atoms with Gasteiger partial charge in [-0.15, -0.1) is 0 Å². The number of hydrogen-bond acceptors (Lipinski definition) is 3. The van der Waals surface area contributed by atoms with Crippen LogP contribution in [0.25, 0.3) is 0 Å². The van der Waals surface area contributed by atoms with E-state index in [9.17, 15) is 8.78 Å². The standard InChI is InChI=1S/C17H21F2N3O/c1-12-20-10-14(22(12)2)11-21-17(5-7-23-8-6-17)15-4-3-13(18)9-16(15)19/h3-4,9-10,21H,5-8,11H2,1-2H3. The summed E-state index contributed by atoms with van der Waals surface area (Å²) in [5.74, 6) is -0.146. The lowest BCUT2D eigenvalue weighted by Crippen LogP contribution is -2.47. The molecule has 1 aliphatic heterocycles. The molecule has 1 fully saturated rings. The molecule has 0 atom stereocenters. The maximum Gasteiger partial charge on any atom is 0.131 e. The zero-order chi connectivity index (χ0) is 16.4. The summed E-state index contributed by atoms with van der Waals surface area (Å²) >= 11 is 0. The number of ether oxygens (including phenoxy) is 1. The minimum Gasteiger partial charge on any atom is -0.381 e. The molecule has 6 heteroatoms. The topological polar surface area (TPSA) is 39.1 Å². The van der Waals surface area contributed by atoms with Gasteiger partial charge in [0.1, 0.15) is 17.5 Å². The Labute approximate surface area is 134 Å². The Morgan fingerprint density at radius 2 is 2.04 bits per heavy atom. The maximum atomic E-state index is 14.4. The van der Waals surface area contributed by atoms with Gasteiger partial charge in [0, 0.05) is 44.6 Å². The van der Waals surface area contributed by atoms with E-state index in [1.165, 1.54) is 12.1 Å². The van der Waals surface area contributed by atoms with Crippen LogP contribution in [-0.2, 0) is 23.9 Å². The highest BCUT2D eigenvalue weighted by Crippen LogP contribution is 2.34. The number of halogens is 2. The van der Waals surface area contributed by atoms with Crippen LogP contribution in [-0.4, -0.2) is 22.8 Å². The van der Waals surface area contributed by atoms with Crippen molar-refractivity contribution >= 4 is 0 Å². The van der Waals surface area contributed by atoms with E-state index in [4.69, 9.17) is 4.74 Å². The third-order valence-electron chi connectivity index (χ3n) is 4.72. The Morgan fingerprint density at radius 1 is 1.30 bits per heavy atom. The summed E-state index contributed by atoms with van der Waals surface area (Å²) in [6.07, 6.45) is 3.11. The van der Waals surface area contributed by atoms with Gasteiger partial charge in [0.15, 0.2) is 0 Å². The molecule has 2 aromatic rings. The number of nitrogens with zero attached hydrogens (tertiary/aromatic N) is 2. The van der Waals surface area contributed by atoms with Gasteiger partial charge in [-0.2, -0.15) is 0 Å². The summed E-state index contributed by atoms with van der Waals surface area (Å²) in [7, 11) is 1.95. The second-order valence-electron chi connectivity index (χ2n) is 6.03. The molecule has 0 amide bonds. The molecule has 0 unspecified atom stereocenters. The fourth-order valence-corrected chi connectivity index (χ4v) is 3.11. The zero-order valence-corrected chi connectivity index (χ0v) is 13.4. The Kier molecular flexibility index (Phi) is 4.46. The lowest BCUT2D eigenvalue weighted by Gasteiger charge is -2.39. The number of hydrogen-bond donors (Lipinski definition) is 1. The van der Waals surface area contributed by atoms with Crippen molar-refractivity contribution in [2.75, 3.05) is 13.2 Å². The SMILES string of the molecule is Cc1ncc(CNC2(c3ccc(F)cc3F)CCOCC2)n1C. The molecule has 2 heterocycles. The Morgan fingerprint density at radius 3 is 2.65 bits per heavy atom. The number of aryl methyl sites for hydroxylation is 1. The maximum absolute atomic E-state index is 14.4. The second kappa shape index (κ2) is 6.37. The third-order valence-corrected chi connectivity index (χ3v) is 4.72. The average Bonchev–Trinajstić information content (AvgIpc) is 2.85. The summed E-state index contributed by atoms with van der Waals surface area (Å²) in [5, 5.41) is 3.48. The van der Waals surface area contributed by atoms with Crippen LogP contribution in [0.3, 0.4) is 0 Å². The number of benzene rings is 1. The molecule has 0 saturated carbocycles. The minimum atomic E-state index is -0.560. The van der Waals surface area contributed by atoms with E-state index >= 15 is 0 Å². The van der Waals surface area contributed by atoms with E-state index in [1.807, 2.05) is 24.7 Å². The molecule has 0 bridgehead atoms. The molecule has 23 heavy (non-hydrogen) atoms. The molecule has 1 aliphatic rings. The van der Waals surface area contributed by atoms with Gasteiger partial charge in [0.2, 0.25) is 0 Å². The van der Waals surface area contributed by atoms with E-state index in [0.29, 0.717) is 38.2 Å². The zero-order valence-electron chi connectivity index (χ0n) is 13.4. The number of aromatic nitrogens is 2. The smallest absolute Gasteiger partial charge is 0.131 e. The highest BCUT2D eigenvalue weighted by atomic mass is 19.1. The van der Waals surface area contributed by atoms with E-state index in [0.717, 1.165) is 17.6 Å². The molecule has 4 nitrogen and oxygen atoms in total. The van der Waals surface area contributed by atoms with Gasteiger partial charge in [-0.05, 0) is 25.8 Å². The van der Waals surface area contributed by atoms with Gasteiger partial charge in [-0.3, -0.25) is 0 Å². The van der Waals surface area contributed by atoms with Crippen molar-refractivity contribution in [3.8, 4) is 0 Å². The molecule has 0 radical (unpaired) electrons. The molecule has 0 spiro atoms. The van der Waals surface area contributed by atoms with Crippen molar-refractivity contribution < 1.29 is 13.5 Å². The Balaban J connectivity index is 1.89. The second-order valence-corrected chi connectivity index (χ2v) is 6.03.